The van der Waals surface area contributed by atoms with Gasteiger partial charge in [0.05, 0.1) is 0 Å². The maximum Gasteiger partial charge on any atom is 0.126 e. The minimum atomic E-state index is -0.0653. The zero-order valence-electron chi connectivity index (χ0n) is 12.2. The van der Waals surface area contributed by atoms with Crippen LogP contribution in [-0.2, 0) is 12.8 Å². The predicted octanol–water partition coefficient (Wildman–Crippen LogP) is 4.43. The minimum absolute atomic E-state index is 0.0653. The topological polar surface area (TPSA) is 12.0 Å². The van der Waals surface area contributed by atoms with Crippen molar-refractivity contribution in [3.8, 4) is 0 Å². The molecule has 21 heavy (non-hydrogen) atoms. The van der Waals surface area contributed by atoms with Crippen molar-refractivity contribution in [2.24, 2.45) is 5.92 Å². The van der Waals surface area contributed by atoms with Gasteiger partial charge in [-0.2, -0.15) is 11.3 Å². The average molecular weight is 303 g/mol. The summed E-state index contributed by atoms with van der Waals surface area (Å²) in [6.07, 6.45) is 5.64. The Hall–Kier alpha value is -1.19. The Labute approximate surface area is 130 Å². The zero-order valence-corrected chi connectivity index (χ0v) is 13.0. The van der Waals surface area contributed by atoms with Gasteiger partial charge in [0.25, 0.3) is 0 Å². The molecule has 0 aliphatic heterocycles. The normalized spacial score (nSPS) is 16.0. The van der Waals surface area contributed by atoms with Crippen LogP contribution >= 0.6 is 11.3 Å². The van der Waals surface area contributed by atoms with Gasteiger partial charge in [-0.25, -0.2) is 4.39 Å². The fraction of sp³-hybridized carbons (Fsp3) is 0.444. The highest BCUT2D eigenvalue weighted by molar-refractivity contribution is 7.07. The summed E-state index contributed by atoms with van der Waals surface area (Å²) in [7, 11) is 0. The second kappa shape index (κ2) is 7.19. The van der Waals surface area contributed by atoms with Crippen molar-refractivity contribution >= 4 is 11.3 Å². The number of thiophene rings is 1. The van der Waals surface area contributed by atoms with E-state index in [1.165, 1.54) is 18.4 Å². The second-order valence-electron chi connectivity index (χ2n) is 6.01. The first kappa shape index (κ1) is 14.7. The van der Waals surface area contributed by atoms with Crippen molar-refractivity contribution < 1.29 is 4.39 Å². The first-order valence-electron chi connectivity index (χ1n) is 7.79. The third-order valence-electron chi connectivity index (χ3n) is 4.16. The molecule has 0 bridgehead atoms. The van der Waals surface area contributed by atoms with Gasteiger partial charge < -0.3 is 5.32 Å². The van der Waals surface area contributed by atoms with Gasteiger partial charge in [0.2, 0.25) is 0 Å². The van der Waals surface area contributed by atoms with Crippen molar-refractivity contribution in [1.82, 2.24) is 5.32 Å². The summed E-state index contributed by atoms with van der Waals surface area (Å²) >= 11 is 1.75. The molecule has 1 aliphatic carbocycles. The highest BCUT2D eigenvalue weighted by atomic mass is 32.1. The Morgan fingerprint density at radius 2 is 2.10 bits per heavy atom. The largest absolute Gasteiger partial charge is 0.314 e. The quantitative estimate of drug-likeness (QED) is 0.760. The molecular weight excluding hydrogens is 281 g/mol. The first-order valence-corrected chi connectivity index (χ1v) is 8.73. The molecule has 112 valence electrons. The zero-order chi connectivity index (χ0) is 14.5. The lowest BCUT2D eigenvalue weighted by atomic mass is 9.93. The molecule has 1 aromatic carbocycles. The van der Waals surface area contributed by atoms with Crippen molar-refractivity contribution in [3.05, 3.63) is 58.0 Å². The molecule has 2 aromatic rings. The lowest BCUT2D eigenvalue weighted by molar-refractivity contribution is 0.434. The van der Waals surface area contributed by atoms with Crippen molar-refractivity contribution in [3.63, 3.8) is 0 Å². The Morgan fingerprint density at radius 3 is 2.81 bits per heavy atom. The van der Waals surface area contributed by atoms with E-state index in [1.807, 2.05) is 12.1 Å². The molecule has 1 saturated carbocycles. The van der Waals surface area contributed by atoms with E-state index < -0.39 is 0 Å². The number of rotatable bonds is 8. The Morgan fingerprint density at radius 1 is 1.24 bits per heavy atom. The minimum Gasteiger partial charge on any atom is -0.314 e. The van der Waals surface area contributed by atoms with Gasteiger partial charge in [0.1, 0.15) is 5.82 Å². The molecule has 1 fully saturated rings. The van der Waals surface area contributed by atoms with Crippen LogP contribution in [0.15, 0.2) is 41.1 Å². The van der Waals surface area contributed by atoms with Gasteiger partial charge >= 0.3 is 0 Å². The number of hydrogen-bond donors (Lipinski definition) is 1. The third-order valence-corrected chi connectivity index (χ3v) is 4.89. The number of halogens is 1. The van der Waals surface area contributed by atoms with E-state index in [4.69, 9.17) is 0 Å². The van der Waals surface area contributed by atoms with Crippen LogP contribution in [0.2, 0.25) is 0 Å². The molecular formula is C18H22FNS. The van der Waals surface area contributed by atoms with Gasteiger partial charge in [0.15, 0.2) is 0 Å². The molecule has 1 atom stereocenters. The standard InChI is InChI=1S/C18H22FNS/c19-18-4-2-1-3-16(18)11-15(12-20-17-7-8-17)6-5-14-9-10-21-13-14/h1-4,9-10,13,15,17,20H,5-8,11-12H2. The van der Waals surface area contributed by atoms with Crippen LogP contribution < -0.4 is 5.32 Å². The van der Waals surface area contributed by atoms with E-state index in [2.05, 4.69) is 22.1 Å². The van der Waals surface area contributed by atoms with E-state index in [1.54, 1.807) is 23.5 Å². The number of hydrogen-bond acceptors (Lipinski definition) is 2. The molecule has 0 amide bonds. The van der Waals surface area contributed by atoms with Gasteiger partial charge in [-0.15, -0.1) is 0 Å². The Bertz CT molecular complexity index is 548. The smallest absolute Gasteiger partial charge is 0.126 e. The number of nitrogens with one attached hydrogen (secondary N) is 1. The number of aryl methyl sites for hydroxylation is 1. The van der Waals surface area contributed by atoms with Gasteiger partial charge in [-0.3, -0.25) is 0 Å². The van der Waals surface area contributed by atoms with Crippen LogP contribution in [0.1, 0.15) is 30.4 Å². The SMILES string of the molecule is Fc1ccccc1CC(CCc1ccsc1)CNC1CC1. The highest BCUT2D eigenvalue weighted by Crippen LogP contribution is 2.22. The fourth-order valence-corrected chi connectivity index (χ4v) is 3.38. The van der Waals surface area contributed by atoms with E-state index >= 15 is 0 Å². The summed E-state index contributed by atoms with van der Waals surface area (Å²) in [5, 5.41) is 7.95. The molecule has 1 heterocycles. The van der Waals surface area contributed by atoms with Crippen LogP contribution in [0.4, 0.5) is 4.39 Å². The lowest BCUT2D eigenvalue weighted by Crippen LogP contribution is -2.26. The van der Waals surface area contributed by atoms with Crippen LogP contribution in [0.5, 0.6) is 0 Å². The molecule has 1 aliphatic rings. The maximum absolute atomic E-state index is 13.9. The van der Waals surface area contributed by atoms with Crippen molar-refractivity contribution in [2.75, 3.05) is 6.54 Å². The van der Waals surface area contributed by atoms with Crippen molar-refractivity contribution in [2.45, 2.75) is 38.1 Å². The highest BCUT2D eigenvalue weighted by Gasteiger charge is 2.22. The number of benzene rings is 1. The summed E-state index contributed by atoms with van der Waals surface area (Å²) in [6.45, 7) is 1.00. The van der Waals surface area contributed by atoms with Crippen LogP contribution in [0.3, 0.4) is 0 Å². The molecule has 0 radical (unpaired) electrons. The third kappa shape index (κ3) is 4.65. The molecule has 3 rings (SSSR count). The van der Waals surface area contributed by atoms with Crippen LogP contribution in [0, 0.1) is 11.7 Å². The fourth-order valence-electron chi connectivity index (χ4n) is 2.68. The van der Waals surface area contributed by atoms with Gasteiger partial charge in [0, 0.05) is 6.04 Å². The van der Waals surface area contributed by atoms with E-state index in [9.17, 15) is 4.39 Å². The van der Waals surface area contributed by atoms with Gasteiger partial charge in [-0.1, -0.05) is 18.2 Å². The average Bonchev–Trinajstić information content (AvgIpc) is 3.18. The maximum atomic E-state index is 13.9. The summed E-state index contributed by atoms with van der Waals surface area (Å²) in [5.74, 6) is 0.437. The molecule has 1 aromatic heterocycles. The summed E-state index contributed by atoms with van der Waals surface area (Å²) < 4.78 is 13.9. The molecule has 3 heteroatoms. The molecule has 1 unspecified atom stereocenters. The van der Waals surface area contributed by atoms with E-state index in [0.717, 1.165) is 31.4 Å². The molecule has 0 saturated heterocycles. The predicted molar refractivity (Wildman–Crippen MR) is 87.3 cm³/mol. The first-order chi connectivity index (χ1) is 10.3. The van der Waals surface area contributed by atoms with Crippen molar-refractivity contribution in [1.29, 1.82) is 0 Å². The van der Waals surface area contributed by atoms with Gasteiger partial charge in [-0.05, 0) is 78.6 Å². The van der Waals surface area contributed by atoms with E-state index in [0.29, 0.717) is 12.0 Å². The summed E-state index contributed by atoms with van der Waals surface area (Å²) in [5.41, 5.74) is 2.26. The summed E-state index contributed by atoms with van der Waals surface area (Å²) in [6, 6.07) is 10.1. The lowest BCUT2D eigenvalue weighted by Gasteiger charge is -2.18. The van der Waals surface area contributed by atoms with Crippen LogP contribution in [-0.4, -0.2) is 12.6 Å². The molecule has 0 spiro atoms. The van der Waals surface area contributed by atoms with E-state index in [-0.39, 0.29) is 5.82 Å². The Kier molecular flexibility index (Phi) is 5.04. The Balaban J connectivity index is 1.58. The van der Waals surface area contributed by atoms with Crippen LogP contribution in [0.25, 0.3) is 0 Å². The molecule has 1 nitrogen and oxygen atoms in total. The molecule has 1 N–H and O–H groups in total. The second-order valence-corrected chi connectivity index (χ2v) is 6.79. The monoisotopic (exact) mass is 303 g/mol. The summed E-state index contributed by atoms with van der Waals surface area (Å²) in [4.78, 5) is 0.